The molecule has 1 saturated heterocycles. The number of amides is 1. The van der Waals surface area contributed by atoms with Gasteiger partial charge in [-0.1, -0.05) is 30.3 Å². The zero-order valence-corrected chi connectivity index (χ0v) is 18.8. The Morgan fingerprint density at radius 3 is 2.39 bits per heavy atom. The molecule has 0 unspecified atom stereocenters. The van der Waals surface area contributed by atoms with Gasteiger partial charge in [0.1, 0.15) is 5.58 Å². The summed E-state index contributed by atoms with van der Waals surface area (Å²) < 4.78 is 29.7. The lowest BCUT2D eigenvalue weighted by Gasteiger charge is -2.29. The highest BCUT2D eigenvalue weighted by molar-refractivity contribution is 7.89. The minimum Gasteiger partial charge on any atom is -0.451 e. The molecule has 2 aromatic carbocycles. The van der Waals surface area contributed by atoms with Gasteiger partial charge in [0.25, 0.3) is 5.91 Å². The topological polar surface area (TPSA) is 70.8 Å². The molecule has 1 aliphatic heterocycles. The number of piperidine rings is 1. The average Bonchev–Trinajstić information content (AvgIpc) is 3.11. The Labute approximate surface area is 183 Å². The molecule has 6 nitrogen and oxygen atoms in total. The van der Waals surface area contributed by atoms with E-state index >= 15 is 0 Å². The first-order valence-corrected chi connectivity index (χ1v) is 12.7. The van der Waals surface area contributed by atoms with Crippen LogP contribution in [-0.4, -0.2) is 45.6 Å². The number of para-hydroxylation sites is 1. The van der Waals surface area contributed by atoms with Gasteiger partial charge in [-0.2, -0.15) is 0 Å². The number of benzene rings is 2. The molecule has 1 aliphatic rings. The molecule has 0 aliphatic carbocycles. The van der Waals surface area contributed by atoms with Crippen molar-refractivity contribution in [1.82, 2.24) is 4.90 Å². The molecule has 0 saturated carbocycles. The van der Waals surface area contributed by atoms with E-state index in [9.17, 15) is 13.2 Å². The van der Waals surface area contributed by atoms with Gasteiger partial charge in [-0.05, 0) is 43.0 Å². The largest absolute Gasteiger partial charge is 0.451 e. The van der Waals surface area contributed by atoms with Crippen molar-refractivity contribution < 1.29 is 17.6 Å². The molecule has 1 fully saturated rings. The van der Waals surface area contributed by atoms with Crippen LogP contribution in [0, 0.1) is 0 Å². The van der Waals surface area contributed by atoms with Crippen molar-refractivity contribution in [1.29, 1.82) is 0 Å². The van der Waals surface area contributed by atoms with Gasteiger partial charge in [-0.25, -0.2) is 8.42 Å². The highest BCUT2D eigenvalue weighted by Gasteiger charge is 2.25. The second-order valence-corrected chi connectivity index (χ2v) is 10.5. The van der Waals surface area contributed by atoms with Crippen LogP contribution >= 0.6 is 0 Å². The van der Waals surface area contributed by atoms with Gasteiger partial charge < -0.3 is 14.2 Å². The van der Waals surface area contributed by atoms with Crippen LogP contribution < -0.4 is 4.90 Å². The van der Waals surface area contributed by atoms with E-state index in [0.717, 1.165) is 24.9 Å². The number of hydrogen-bond acceptors (Lipinski definition) is 5. The van der Waals surface area contributed by atoms with E-state index in [1.54, 1.807) is 30.1 Å². The summed E-state index contributed by atoms with van der Waals surface area (Å²) in [7, 11) is -1.62. The van der Waals surface area contributed by atoms with Gasteiger partial charge in [0, 0.05) is 49.6 Å². The maximum absolute atomic E-state index is 13.2. The third-order valence-corrected chi connectivity index (χ3v) is 6.54. The molecule has 31 heavy (non-hydrogen) atoms. The van der Waals surface area contributed by atoms with Gasteiger partial charge in [0.05, 0.1) is 5.75 Å². The fraction of sp³-hybridized carbons (Fsp3) is 0.375. The number of sulfone groups is 1. The SMILES string of the molecule is CN(Cc1ccc(N2CCCCC2)cc1)C(=O)c1oc2ccccc2c1CS(C)(=O)=O. The highest BCUT2D eigenvalue weighted by Crippen LogP contribution is 2.29. The molecule has 164 valence electrons. The summed E-state index contributed by atoms with van der Waals surface area (Å²) in [6.45, 7) is 2.59. The fourth-order valence-corrected chi connectivity index (χ4v) is 4.97. The molecule has 0 atom stereocenters. The predicted octanol–water partition coefficient (Wildman–Crippen LogP) is 4.24. The molecule has 0 N–H and O–H groups in total. The van der Waals surface area contributed by atoms with Crippen LogP contribution in [0.1, 0.15) is 40.9 Å². The standard InChI is InChI=1S/C24H28N2O4S/c1-25(16-18-10-12-19(13-11-18)26-14-6-3-7-15-26)24(27)23-21(17-31(2,28)29)20-8-4-5-9-22(20)30-23/h4-5,8-13H,3,6-7,14-17H2,1-2H3. The predicted molar refractivity (Wildman–Crippen MR) is 123 cm³/mol. The molecular weight excluding hydrogens is 412 g/mol. The Morgan fingerprint density at radius 2 is 1.71 bits per heavy atom. The number of fused-ring (bicyclic) bond motifs is 1. The quantitative estimate of drug-likeness (QED) is 0.573. The average molecular weight is 441 g/mol. The molecule has 1 aromatic heterocycles. The van der Waals surface area contributed by atoms with Crippen molar-refractivity contribution in [2.45, 2.75) is 31.6 Å². The Hall–Kier alpha value is -2.80. The molecule has 7 heteroatoms. The highest BCUT2D eigenvalue weighted by atomic mass is 32.2. The Bertz CT molecular complexity index is 1180. The van der Waals surface area contributed by atoms with Gasteiger partial charge in [-0.15, -0.1) is 0 Å². The lowest BCUT2D eigenvalue weighted by molar-refractivity contribution is 0.0754. The number of carbonyl (C=O) groups is 1. The van der Waals surface area contributed by atoms with Crippen LogP contribution in [0.4, 0.5) is 5.69 Å². The third-order valence-electron chi connectivity index (χ3n) is 5.72. The second kappa shape index (κ2) is 8.75. The van der Waals surface area contributed by atoms with Gasteiger partial charge in [0.2, 0.25) is 0 Å². The van der Waals surface area contributed by atoms with E-state index in [1.807, 2.05) is 18.2 Å². The third kappa shape index (κ3) is 4.93. The minimum atomic E-state index is -3.33. The van der Waals surface area contributed by atoms with Crippen molar-refractivity contribution in [3.05, 3.63) is 65.4 Å². The summed E-state index contributed by atoms with van der Waals surface area (Å²) in [4.78, 5) is 17.1. The Kier molecular flexibility index (Phi) is 6.05. The van der Waals surface area contributed by atoms with Crippen molar-refractivity contribution in [3.63, 3.8) is 0 Å². The van der Waals surface area contributed by atoms with Crippen LogP contribution in [-0.2, 0) is 22.1 Å². The Balaban J connectivity index is 1.54. The van der Waals surface area contributed by atoms with Crippen molar-refractivity contribution in [2.75, 3.05) is 31.3 Å². The maximum Gasteiger partial charge on any atom is 0.289 e. The van der Waals surface area contributed by atoms with Crippen LogP contribution in [0.25, 0.3) is 11.0 Å². The molecule has 0 spiro atoms. The van der Waals surface area contributed by atoms with Crippen LogP contribution in [0.3, 0.4) is 0 Å². The minimum absolute atomic E-state index is 0.0964. The first-order valence-electron chi connectivity index (χ1n) is 10.6. The summed E-state index contributed by atoms with van der Waals surface area (Å²) in [6, 6.07) is 15.5. The van der Waals surface area contributed by atoms with Gasteiger partial charge >= 0.3 is 0 Å². The summed E-state index contributed by atoms with van der Waals surface area (Å²) in [5.41, 5.74) is 3.17. The molecule has 3 aromatic rings. The second-order valence-electron chi connectivity index (χ2n) is 8.35. The first kappa shape index (κ1) is 21.4. The summed E-state index contributed by atoms with van der Waals surface area (Å²) >= 11 is 0. The smallest absolute Gasteiger partial charge is 0.289 e. The van der Waals surface area contributed by atoms with Crippen molar-refractivity contribution in [2.24, 2.45) is 0 Å². The number of anilines is 1. The summed E-state index contributed by atoms with van der Waals surface area (Å²) in [6.07, 6.45) is 4.92. The summed E-state index contributed by atoms with van der Waals surface area (Å²) in [5.74, 6) is -0.460. The van der Waals surface area contributed by atoms with Crippen molar-refractivity contribution >= 4 is 32.4 Å². The molecular formula is C24H28N2O4S. The zero-order chi connectivity index (χ0) is 22.0. The monoisotopic (exact) mass is 440 g/mol. The molecule has 2 heterocycles. The summed E-state index contributed by atoms with van der Waals surface area (Å²) in [5, 5.41) is 0.663. The first-order chi connectivity index (χ1) is 14.8. The van der Waals surface area contributed by atoms with E-state index in [1.165, 1.54) is 24.9 Å². The number of nitrogens with zero attached hydrogens (tertiary/aromatic N) is 2. The van der Waals surface area contributed by atoms with Crippen LogP contribution in [0.15, 0.2) is 52.9 Å². The van der Waals surface area contributed by atoms with E-state index in [4.69, 9.17) is 4.42 Å². The molecule has 1 amide bonds. The number of carbonyl (C=O) groups excluding carboxylic acids is 1. The van der Waals surface area contributed by atoms with Crippen LogP contribution in [0.5, 0.6) is 0 Å². The van der Waals surface area contributed by atoms with Crippen LogP contribution in [0.2, 0.25) is 0 Å². The van der Waals surface area contributed by atoms with Gasteiger partial charge in [0.15, 0.2) is 15.6 Å². The molecule has 0 bridgehead atoms. The van der Waals surface area contributed by atoms with E-state index in [-0.39, 0.29) is 17.4 Å². The Morgan fingerprint density at radius 1 is 1.03 bits per heavy atom. The van der Waals surface area contributed by atoms with E-state index < -0.39 is 9.84 Å². The maximum atomic E-state index is 13.2. The fourth-order valence-electron chi connectivity index (χ4n) is 4.16. The van der Waals surface area contributed by atoms with E-state index in [2.05, 4.69) is 17.0 Å². The molecule has 4 rings (SSSR count). The normalized spacial score (nSPS) is 14.7. The number of rotatable bonds is 6. The van der Waals surface area contributed by atoms with Gasteiger partial charge in [-0.3, -0.25) is 4.79 Å². The number of furan rings is 1. The molecule has 0 radical (unpaired) electrons. The van der Waals surface area contributed by atoms with E-state index in [0.29, 0.717) is 23.1 Å². The zero-order valence-electron chi connectivity index (χ0n) is 18.0. The number of hydrogen-bond donors (Lipinski definition) is 0. The lowest BCUT2D eigenvalue weighted by atomic mass is 10.1. The van der Waals surface area contributed by atoms with Crippen molar-refractivity contribution in [3.8, 4) is 0 Å². The lowest BCUT2D eigenvalue weighted by Crippen LogP contribution is -2.29.